The summed E-state index contributed by atoms with van der Waals surface area (Å²) in [5.74, 6) is 3.33. The molecule has 1 saturated heterocycles. The van der Waals surface area contributed by atoms with Crippen molar-refractivity contribution in [3.8, 4) is 11.5 Å². The zero-order chi connectivity index (χ0) is 17.3. The monoisotopic (exact) mass is 316 g/mol. The second kappa shape index (κ2) is 6.42. The first-order valence-electron chi connectivity index (χ1n) is 7.66. The molecule has 1 aliphatic rings. The van der Waals surface area contributed by atoms with Gasteiger partial charge in [-0.3, -0.25) is 0 Å². The van der Waals surface area contributed by atoms with E-state index in [4.69, 9.17) is 18.8 Å². The van der Waals surface area contributed by atoms with Gasteiger partial charge in [0.1, 0.15) is 11.5 Å². The van der Waals surface area contributed by atoms with Crippen molar-refractivity contribution in [3.63, 3.8) is 0 Å². The molecule has 124 valence electrons. The first-order valence-corrected chi connectivity index (χ1v) is 7.66. The fraction of sp³-hybridized carbons (Fsp3) is 0.444. The van der Waals surface area contributed by atoms with E-state index in [1.165, 1.54) is 0 Å². The van der Waals surface area contributed by atoms with E-state index in [-0.39, 0.29) is 18.3 Å². The Labute approximate surface area is 139 Å². The Balaban J connectivity index is 2.26. The summed E-state index contributed by atoms with van der Waals surface area (Å²) in [6.45, 7) is 11.9. The van der Waals surface area contributed by atoms with Gasteiger partial charge in [-0.05, 0) is 45.4 Å². The van der Waals surface area contributed by atoms with Gasteiger partial charge in [-0.1, -0.05) is 24.7 Å². The number of benzene rings is 1. The molecule has 23 heavy (non-hydrogen) atoms. The molecule has 1 aromatic carbocycles. The van der Waals surface area contributed by atoms with Crippen LogP contribution in [-0.4, -0.2) is 32.5 Å². The lowest BCUT2D eigenvalue weighted by Gasteiger charge is -2.32. The molecule has 0 aliphatic carbocycles. The summed E-state index contributed by atoms with van der Waals surface area (Å²) in [7, 11) is 2.88. The topological polar surface area (TPSA) is 36.9 Å². The number of ether oxygens (including phenoxy) is 2. The van der Waals surface area contributed by atoms with Crippen LogP contribution >= 0.6 is 0 Å². The van der Waals surface area contributed by atoms with E-state index in [0.717, 1.165) is 11.1 Å². The lowest BCUT2D eigenvalue weighted by atomic mass is 9.89. The highest BCUT2D eigenvalue weighted by Gasteiger charge is 2.49. The van der Waals surface area contributed by atoms with Crippen molar-refractivity contribution >= 4 is 19.3 Å². The highest BCUT2D eigenvalue weighted by Crippen LogP contribution is 2.37. The Morgan fingerprint density at radius 3 is 1.87 bits per heavy atom. The molecule has 5 heteroatoms. The molecule has 0 amide bonds. The van der Waals surface area contributed by atoms with Crippen LogP contribution < -0.4 is 9.47 Å². The summed E-state index contributed by atoms with van der Waals surface area (Å²) >= 11 is 0. The molecule has 0 saturated carbocycles. The fourth-order valence-corrected chi connectivity index (χ4v) is 2.41. The molecule has 0 bridgehead atoms. The molecule has 1 aromatic rings. The van der Waals surface area contributed by atoms with Crippen molar-refractivity contribution in [2.45, 2.75) is 38.9 Å². The lowest BCUT2D eigenvalue weighted by Crippen LogP contribution is -2.41. The van der Waals surface area contributed by atoms with Crippen molar-refractivity contribution in [3.05, 3.63) is 35.8 Å². The second-order valence-electron chi connectivity index (χ2n) is 6.53. The van der Waals surface area contributed by atoms with E-state index in [0.29, 0.717) is 11.5 Å². The summed E-state index contributed by atoms with van der Waals surface area (Å²) in [6.07, 6.45) is 3.67. The van der Waals surface area contributed by atoms with Crippen molar-refractivity contribution in [1.82, 2.24) is 0 Å². The van der Waals surface area contributed by atoms with Crippen LogP contribution in [0.25, 0.3) is 12.2 Å². The number of hydrogen-bond donors (Lipinski definition) is 0. The lowest BCUT2D eigenvalue weighted by molar-refractivity contribution is 0.00578. The van der Waals surface area contributed by atoms with Gasteiger partial charge >= 0.3 is 7.12 Å². The van der Waals surface area contributed by atoms with Crippen molar-refractivity contribution in [2.24, 2.45) is 0 Å². The Morgan fingerprint density at radius 1 is 1.00 bits per heavy atom. The van der Waals surface area contributed by atoms with Crippen LogP contribution in [0.1, 0.15) is 38.8 Å². The minimum absolute atomic E-state index is 0.343. The summed E-state index contributed by atoms with van der Waals surface area (Å²) in [5.41, 5.74) is 1.09. The van der Waals surface area contributed by atoms with Gasteiger partial charge in [-0.2, -0.15) is 0 Å². The van der Waals surface area contributed by atoms with E-state index in [1.54, 1.807) is 20.3 Å². The van der Waals surface area contributed by atoms with Crippen LogP contribution in [0, 0.1) is 0 Å². The normalized spacial score (nSPS) is 19.1. The van der Waals surface area contributed by atoms with Crippen LogP contribution in [0.5, 0.6) is 11.5 Å². The Kier molecular flexibility index (Phi) is 4.92. The van der Waals surface area contributed by atoms with E-state index in [2.05, 4.69) is 6.58 Å². The highest BCUT2D eigenvalue weighted by atomic mass is 16.7. The molecule has 2 rings (SSSR count). The first-order chi connectivity index (χ1) is 10.7. The molecular weight excluding hydrogens is 291 g/mol. The molecule has 0 spiro atoms. The smallest absolute Gasteiger partial charge is 0.487 e. The molecule has 0 radical (unpaired) electrons. The summed E-state index contributed by atoms with van der Waals surface area (Å²) < 4.78 is 22.7. The highest BCUT2D eigenvalue weighted by molar-refractivity contribution is 6.52. The van der Waals surface area contributed by atoms with E-state index in [1.807, 2.05) is 51.9 Å². The van der Waals surface area contributed by atoms with Gasteiger partial charge in [-0.15, -0.1) is 0 Å². The van der Waals surface area contributed by atoms with Gasteiger partial charge in [0, 0.05) is 0 Å². The van der Waals surface area contributed by atoms with Crippen molar-refractivity contribution in [1.29, 1.82) is 0 Å². The first kappa shape index (κ1) is 17.6. The SMILES string of the molecule is C=Cc1c(OC)cc(/C=C/B2OC(C)(C)C(C)(C)O2)cc1OC. The standard InChI is InChI=1S/C18H25BO4/c1-8-14-15(20-6)11-13(12-16(14)21-7)9-10-19-22-17(2,3)18(4,5)23-19/h8-12H,1H2,2-7H3/b10-9+. The molecule has 0 N–H and O–H groups in total. The van der Waals surface area contributed by atoms with E-state index >= 15 is 0 Å². The average molecular weight is 316 g/mol. The molecular formula is C18H25BO4. The number of methoxy groups -OCH3 is 2. The van der Waals surface area contributed by atoms with Gasteiger partial charge in [0.15, 0.2) is 0 Å². The third kappa shape index (κ3) is 3.46. The third-order valence-corrected chi connectivity index (χ3v) is 4.49. The maximum absolute atomic E-state index is 5.96. The van der Waals surface area contributed by atoms with E-state index in [9.17, 15) is 0 Å². The van der Waals surface area contributed by atoms with Crippen LogP contribution in [0.3, 0.4) is 0 Å². The van der Waals surface area contributed by atoms with Crippen LogP contribution in [0.4, 0.5) is 0 Å². The average Bonchev–Trinajstić information content (AvgIpc) is 2.71. The molecule has 0 aromatic heterocycles. The maximum atomic E-state index is 5.96. The second-order valence-corrected chi connectivity index (χ2v) is 6.53. The molecule has 1 heterocycles. The molecule has 0 atom stereocenters. The minimum Gasteiger partial charge on any atom is -0.496 e. The summed E-state index contributed by atoms with van der Waals surface area (Å²) in [6, 6.07) is 3.86. The van der Waals surface area contributed by atoms with Gasteiger partial charge < -0.3 is 18.8 Å². The van der Waals surface area contributed by atoms with Gasteiger partial charge in [-0.25, -0.2) is 0 Å². The predicted octanol–water partition coefficient (Wildman–Crippen LogP) is 3.99. The number of rotatable bonds is 5. The molecule has 4 nitrogen and oxygen atoms in total. The molecule has 1 fully saturated rings. The van der Waals surface area contributed by atoms with Gasteiger partial charge in [0.05, 0.1) is 31.0 Å². The number of hydrogen-bond acceptors (Lipinski definition) is 4. The quantitative estimate of drug-likeness (QED) is 0.770. The fourth-order valence-electron chi connectivity index (χ4n) is 2.41. The third-order valence-electron chi connectivity index (χ3n) is 4.49. The van der Waals surface area contributed by atoms with Crippen LogP contribution in [0.2, 0.25) is 0 Å². The van der Waals surface area contributed by atoms with Crippen LogP contribution in [-0.2, 0) is 9.31 Å². The molecule has 0 unspecified atom stereocenters. The van der Waals surface area contributed by atoms with Crippen molar-refractivity contribution in [2.75, 3.05) is 14.2 Å². The zero-order valence-electron chi connectivity index (χ0n) is 14.8. The van der Waals surface area contributed by atoms with Gasteiger partial charge in [0.25, 0.3) is 0 Å². The summed E-state index contributed by atoms with van der Waals surface area (Å²) in [5, 5.41) is 0. The Hall–Kier alpha value is -1.72. The largest absolute Gasteiger partial charge is 0.496 e. The van der Waals surface area contributed by atoms with Crippen molar-refractivity contribution < 1.29 is 18.8 Å². The zero-order valence-corrected chi connectivity index (χ0v) is 14.8. The van der Waals surface area contributed by atoms with E-state index < -0.39 is 0 Å². The Morgan fingerprint density at radius 2 is 1.48 bits per heavy atom. The van der Waals surface area contributed by atoms with Crippen LogP contribution in [0.15, 0.2) is 24.7 Å². The van der Waals surface area contributed by atoms with Gasteiger partial charge in [0.2, 0.25) is 0 Å². The summed E-state index contributed by atoms with van der Waals surface area (Å²) in [4.78, 5) is 0. The minimum atomic E-state index is -0.379. The molecule has 1 aliphatic heterocycles. The predicted molar refractivity (Wildman–Crippen MR) is 94.8 cm³/mol. The maximum Gasteiger partial charge on any atom is 0.487 e. The Bertz CT molecular complexity index is 578.